The molecule has 0 aliphatic carbocycles. The van der Waals surface area contributed by atoms with Crippen LogP contribution in [-0.2, 0) is 59.8 Å². The summed E-state index contributed by atoms with van der Waals surface area (Å²) in [6.45, 7) is 0. The fourth-order valence-electron chi connectivity index (χ4n) is 0.483. The van der Waals surface area contributed by atoms with E-state index < -0.39 is 73.0 Å². The van der Waals surface area contributed by atoms with Gasteiger partial charge in [-0.05, 0) is 165 Å². The zero-order chi connectivity index (χ0) is 53.6. The number of carboxylic acids is 7. The summed E-state index contributed by atoms with van der Waals surface area (Å²) in [5.41, 5.74) is 0. The standard InChI is InChI=1S/7C2HCl4NO2.Al.Zr/c7*3-2(4,1(8)9)7(5)6;;/h7*(H,8,9);;/q;;;;;;;+3;+4/p-7. The Morgan fingerprint density at radius 1 is 0.231 bits per heavy atom. The summed E-state index contributed by atoms with van der Waals surface area (Å²) in [7, 11) is 0. The van der Waals surface area contributed by atoms with Crippen molar-refractivity contribution in [1.29, 1.82) is 0 Å². The third kappa shape index (κ3) is 39.6. The van der Waals surface area contributed by atoms with E-state index >= 15 is 0 Å². The molecule has 21 nitrogen and oxygen atoms in total. The number of alkyl halides is 14. The predicted octanol–water partition coefficient (Wildman–Crippen LogP) is 2.96. The summed E-state index contributed by atoms with van der Waals surface area (Å²) in [4.78, 5) is 69.1. The van der Waals surface area contributed by atoms with Crippen LogP contribution < -0.4 is 35.7 Å². The molecule has 0 amide bonds. The summed E-state index contributed by atoms with van der Waals surface area (Å²) in [6.07, 6.45) is 0. The molecule has 0 radical (unpaired) electrons. The van der Waals surface area contributed by atoms with Crippen LogP contribution in [0.4, 0.5) is 0 Å². The first-order chi connectivity index (χ1) is 27.2. The summed E-state index contributed by atoms with van der Waals surface area (Å²) in [5, 5.41) is 69.1. The first kappa shape index (κ1) is 90.1. The minimum atomic E-state index is -2.39. The van der Waals surface area contributed by atoms with Gasteiger partial charge in [0.2, 0.25) is 31.2 Å². The zero-order valence-electron chi connectivity index (χ0n) is 27.5. The minimum Gasteiger partial charge on any atom is -0.545 e. The Morgan fingerprint density at radius 3 is 0.277 bits per heavy atom. The van der Waals surface area contributed by atoms with Crippen molar-refractivity contribution in [2.45, 2.75) is 31.2 Å². The zero-order valence-corrected chi connectivity index (χ0v) is 52.3. The van der Waals surface area contributed by atoms with Crippen LogP contribution >= 0.6 is 327 Å². The van der Waals surface area contributed by atoms with Crippen molar-refractivity contribution in [3.05, 3.63) is 0 Å². The molecule has 378 valence electrons. The van der Waals surface area contributed by atoms with E-state index in [0.29, 0.717) is 0 Å². The largest absolute Gasteiger partial charge is 4.00 e. The van der Waals surface area contributed by atoms with Crippen molar-refractivity contribution in [1.82, 2.24) is 27.6 Å². The second-order valence-corrected chi connectivity index (χ2v) is 22.4. The van der Waals surface area contributed by atoms with Gasteiger partial charge >= 0.3 is 43.6 Å². The molecule has 0 aromatic heterocycles. The van der Waals surface area contributed by atoms with Gasteiger partial charge < -0.3 is 69.3 Å². The topological polar surface area (TPSA) is 304 Å². The SMILES string of the molecule is O=C([O-])C(Cl)(Cl)N(Cl)Cl.O=C([O-])C(Cl)(Cl)N(Cl)Cl.O=C([O-])C(Cl)(Cl)N(Cl)Cl.O=C([O-])C(Cl)(Cl)N(Cl)Cl.O=C([O-])C(Cl)(Cl)N(Cl)Cl.O=C([O-])C(Cl)(Cl)N(Cl)Cl.O=C([O-])C(Cl)(Cl)N(Cl)Cl.[Al+3].[Zr+4]. The average molecular weight is 1600 g/mol. The number of hydrogen-bond acceptors (Lipinski definition) is 21. The molecule has 0 aliphatic heterocycles. The number of carbonyl (C=O) groups is 7. The Balaban J connectivity index is -0.0000000800. The first-order valence-electron chi connectivity index (χ1n) is 11.2. The molecule has 0 rings (SSSR count). The van der Waals surface area contributed by atoms with Crippen molar-refractivity contribution in [2.75, 3.05) is 0 Å². The summed E-state index contributed by atoms with van der Waals surface area (Å²) in [6, 6.07) is 0. The van der Waals surface area contributed by atoms with Crippen molar-refractivity contribution in [3.63, 3.8) is 0 Å². The van der Waals surface area contributed by atoms with Gasteiger partial charge in [-0.3, -0.25) is 0 Å². The second-order valence-electron chi connectivity index (χ2n) is 7.43. The molecule has 0 fully saturated rings. The van der Waals surface area contributed by atoms with Gasteiger partial charge in [0, 0.05) is 0 Å². The van der Waals surface area contributed by atoms with E-state index in [4.69, 9.17) is 327 Å². The quantitative estimate of drug-likeness (QED) is 0.104. The normalized spacial score (nSPS) is 11.7. The summed E-state index contributed by atoms with van der Waals surface area (Å²) < 4.78 is -16.2. The molecule has 0 spiro atoms. The maximum atomic E-state index is 9.88. The van der Waals surface area contributed by atoms with Crippen molar-refractivity contribution < 1.29 is 95.5 Å². The third-order valence-corrected chi connectivity index (χ3v) is 13.7. The molecule has 0 saturated heterocycles. The molecule has 65 heavy (non-hydrogen) atoms. The van der Waals surface area contributed by atoms with Crippen LogP contribution in [0.2, 0.25) is 0 Å². The number of carboxylic acid groups (broad SMARTS) is 7. The average Bonchev–Trinajstić information content (AvgIpc) is 3.08. The molecule has 0 bridgehead atoms. The number of nitrogens with zero attached hydrogens (tertiary/aromatic N) is 7. The Morgan fingerprint density at radius 2 is 0.277 bits per heavy atom. The summed E-state index contributed by atoms with van der Waals surface area (Å²) >= 11 is 138. The van der Waals surface area contributed by atoms with Crippen LogP contribution in [0.5, 0.6) is 0 Å². The Bertz CT molecular complexity index is 1180. The number of halogens is 28. The molecule has 0 aromatic carbocycles. The molecule has 0 saturated carbocycles. The van der Waals surface area contributed by atoms with Gasteiger partial charge in [-0.2, -0.15) is 0 Å². The van der Waals surface area contributed by atoms with Crippen LogP contribution in [0.3, 0.4) is 0 Å². The third-order valence-electron chi connectivity index (χ3n) is 3.21. The van der Waals surface area contributed by atoms with E-state index in [1.54, 1.807) is 0 Å². The monoisotopic (exact) mass is 1590 g/mol. The van der Waals surface area contributed by atoms with Gasteiger partial charge in [0.25, 0.3) is 0 Å². The molecule has 0 unspecified atom stereocenters. The first-order valence-corrected chi connectivity index (χ1v) is 21.2. The van der Waals surface area contributed by atoms with Crippen LogP contribution in [0.25, 0.3) is 0 Å². The fourth-order valence-corrected chi connectivity index (χ4v) is 1.45. The Hall–Kier alpha value is 5.55. The maximum Gasteiger partial charge on any atom is 4.00 e. The number of carbonyl (C=O) groups excluding carboxylic acids is 7. The molecule has 0 aromatic rings. The Labute approximate surface area is 533 Å². The van der Waals surface area contributed by atoms with Crippen molar-refractivity contribution in [3.8, 4) is 0 Å². The fraction of sp³-hybridized carbons (Fsp3) is 0.500. The van der Waals surface area contributed by atoms with E-state index in [0.717, 1.165) is 0 Å². The molecular weight excluding hydrogens is 1600 g/mol. The smallest absolute Gasteiger partial charge is 0.545 e. The summed E-state index contributed by atoms with van der Waals surface area (Å²) in [5.74, 6) is -12.5. The molecule has 0 aliphatic rings. The van der Waals surface area contributed by atoms with Crippen LogP contribution in [-0.4, -0.2) is 118 Å². The van der Waals surface area contributed by atoms with Gasteiger partial charge in [-0.15, -0.1) is 0 Å². The van der Waals surface area contributed by atoms with E-state index in [1.807, 2.05) is 0 Å². The van der Waals surface area contributed by atoms with Gasteiger partial charge in [-0.1, -0.05) is 190 Å². The number of hydrogen-bond donors (Lipinski definition) is 0. The Kier molecular flexibility index (Phi) is 56.5. The van der Waals surface area contributed by atoms with Gasteiger partial charge in [0.15, 0.2) is 0 Å². The predicted molar refractivity (Wildman–Crippen MR) is 237 cm³/mol. The maximum absolute atomic E-state index is 9.88. The molecule has 51 heteroatoms. The molecule has 0 heterocycles. The molecule has 0 N–H and O–H groups in total. The van der Waals surface area contributed by atoms with E-state index in [1.165, 1.54) is 0 Å². The van der Waals surface area contributed by atoms with Crippen molar-refractivity contribution in [2.24, 2.45) is 0 Å². The molecular formula is C14AlCl28N7O14Zr. The molecule has 0 atom stereocenters. The number of aliphatic carboxylic acids is 7. The second kappa shape index (κ2) is 40.8. The van der Waals surface area contributed by atoms with Crippen LogP contribution in [0.1, 0.15) is 0 Å². The van der Waals surface area contributed by atoms with Gasteiger partial charge in [0.05, 0.1) is 41.8 Å². The van der Waals surface area contributed by atoms with Crippen molar-refractivity contribution >= 4 is 386 Å². The van der Waals surface area contributed by atoms with E-state index in [9.17, 15) is 69.3 Å². The van der Waals surface area contributed by atoms with Crippen LogP contribution in [0.15, 0.2) is 0 Å². The van der Waals surface area contributed by atoms with Gasteiger partial charge in [-0.25, -0.2) is 0 Å². The van der Waals surface area contributed by atoms with Gasteiger partial charge in [0.1, 0.15) is 0 Å². The number of rotatable bonds is 14. The van der Waals surface area contributed by atoms with E-state index in [-0.39, 0.29) is 71.1 Å². The van der Waals surface area contributed by atoms with Crippen LogP contribution in [0, 0.1) is 0 Å². The van der Waals surface area contributed by atoms with E-state index in [2.05, 4.69) is 0 Å². The minimum absolute atomic E-state index is 0.